The molecule has 5 nitrogen and oxygen atoms in total. The summed E-state index contributed by atoms with van der Waals surface area (Å²) in [5, 5.41) is 7.09. The Bertz CT molecular complexity index is 3400. The first-order valence-corrected chi connectivity index (χ1v) is 18.3. The van der Waals surface area contributed by atoms with Gasteiger partial charge in [-0.15, -0.1) is 0 Å². The third kappa shape index (κ3) is 4.51. The van der Waals surface area contributed by atoms with Crippen molar-refractivity contribution in [1.29, 1.82) is 0 Å². The molecule has 0 aliphatic carbocycles. The van der Waals surface area contributed by atoms with Gasteiger partial charge in [0.1, 0.15) is 0 Å². The predicted molar refractivity (Wildman–Crippen MR) is 227 cm³/mol. The summed E-state index contributed by atoms with van der Waals surface area (Å²) in [6.07, 6.45) is 0. The Kier molecular flexibility index (Phi) is 6.61. The van der Waals surface area contributed by atoms with Crippen molar-refractivity contribution < 1.29 is 0 Å². The highest BCUT2D eigenvalue weighted by molar-refractivity contribution is 6.13. The highest BCUT2D eigenvalue weighted by atomic mass is 15.0. The first kappa shape index (κ1) is 30.7. The Morgan fingerprint density at radius 2 is 0.745 bits per heavy atom. The maximum Gasteiger partial charge on any atom is 0.189 e. The van der Waals surface area contributed by atoms with E-state index in [1.807, 2.05) is 42.5 Å². The van der Waals surface area contributed by atoms with E-state index in [0.29, 0.717) is 11.4 Å². The number of para-hydroxylation sites is 4. The quantitative estimate of drug-likeness (QED) is 0.163. The van der Waals surface area contributed by atoms with Crippen LogP contribution in [0.5, 0.6) is 0 Å². The molecule has 0 aliphatic heterocycles. The molecule has 0 aliphatic rings. The molecular formula is C50H29N5. The Hall–Kier alpha value is -7.86. The molecule has 8 aromatic carbocycles. The fourth-order valence-corrected chi connectivity index (χ4v) is 8.67. The van der Waals surface area contributed by atoms with Crippen molar-refractivity contribution in [3.05, 3.63) is 199 Å². The molecule has 11 aromatic rings. The summed E-state index contributed by atoms with van der Waals surface area (Å²) >= 11 is 0. The van der Waals surface area contributed by atoms with Crippen LogP contribution < -0.4 is 0 Å². The minimum atomic E-state index is 0.574. The van der Waals surface area contributed by atoms with Gasteiger partial charge in [0.2, 0.25) is 0 Å². The monoisotopic (exact) mass is 699 g/mol. The van der Waals surface area contributed by atoms with Crippen molar-refractivity contribution in [3.8, 4) is 28.2 Å². The van der Waals surface area contributed by atoms with Gasteiger partial charge in [-0.3, -0.25) is 0 Å². The molecule has 0 fully saturated rings. The van der Waals surface area contributed by atoms with Crippen LogP contribution in [0.25, 0.3) is 103 Å². The molecule has 55 heavy (non-hydrogen) atoms. The zero-order valence-corrected chi connectivity index (χ0v) is 29.5. The van der Waals surface area contributed by atoms with E-state index in [1.165, 1.54) is 32.6 Å². The lowest BCUT2D eigenvalue weighted by Gasteiger charge is -2.16. The summed E-state index contributed by atoms with van der Waals surface area (Å²) in [5.74, 6) is 0. The van der Waals surface area contributed by atoms with Crippen LogP contribution in [0.15, 0.2) is 176 Å². The van der Waals surface area contributed by atoms with E-state index in [0.717, 1.165) is 61.0 Å². The molecule has 0 radical (unpaired) electrons. The maximum absolute atomic E-state index is 7.88. The smallest absolute Gasteiger partial charge is 0.189 e. The van der Waals surface area contributed by atoms with Gasteiger partial charge in [0, 0.05) is 49.2 Å². The van der Waals surface area contributed by atoms with Crippen molar-refractivity contribution in [2.75, 3.05) is 0 Å². The molecule has 5 heteroatoms. The summed E-state index contributed by atoms with van der Waals surface area (Å²) < 4.78 is 6.97. The standard InChI is InChI=1S/C50H29N5/c1-51-33-22-28-48(55-47-18-10-6-14-40(47)41-26-21-34(52-2)30-49(41)55)43(29-33)32-19-23-35(24-20-32)53-44-15-7-5-13-39(44)42-27-25-36(31-50(42)53)54-45-16-8-3-11-37(45)38-12-4-9-17-46(38)54/h3-31H. The number of aromatic nitrogens is 3. The third-order valence-corrected chi connectivity index (χ3v) is 11.1. The van der Waals surface area contributed by atoms with Crippen LogP contribution in [-0.2, 0) is 0 Å². The van der Waals surface area contributed by atoms with E-state index in [2.05, 4.69) is 157 Å². The van der Waals surface area contributed by atoms with E-state index >= 15 is 0 Å². The molecule has 0 spiro atoms. The molecule has 0 N–H and O–H groups in total. The predicted octanol–water partition coefficient (Wildman–Crippen LogP) is 13.7. The van der Waals surface area contributed by atoms with Gasteiger partial charge in [-0.2, -0.15) is 0 Å². The average molecular weight is 700 g/mol. The second-order valence-corrected chi connectivity index (χ2v) is 13.9. The topological polar surface area (TPSA) is 23.5 Å². The fraction of sp³-hybridized carbons (Fsp3) is 0. The SMILES string of the molecule is [C-]#[N+]c1ccc(-n2c3ccccc3c3ccc([N+]#[C-])cc32)c(-c2ccc(-n3c4ccccc4c4ccc(-n5c6ccccc6c6ccccc65)cc43)cc2)c1. The number of benzene rings is 8. The molecule has 0 atom stereocenters. The molecular weight excluding hydrogens is 671 g/mol. The summed E-state index contributed by atoms with van der Waals surface area (Å²) in [7, 11) is 0. The number of fused-ring (bicyclic) bond motifs is 9. The highest BCUT2D eigenvalue weighted by Gasteiger charge is 2.19. The molecule has 3 aromatic heterocycles. The number of hydrogen-bond acceptors (Lipinski definition) is 0. The molecule has 0 bridgehead atoms. The third-order valence-electron chi connectivity index (χ3n) is 11.1. The zero-order valence-electron chi connectivity index (χ0n) is 29.5. The molecule has 0 unspecified atom stereocenters. The van der Waals surface area contributed by atoms with Gasteiger partial charge in [-0.05, 0) is 77.9 Å². The van der Waals surface area contributed by atoms with Crippen LogP contribution in [0, 0.1) is 13.1 Å². The Morgan fingerprint density at radius 3 is 1.31 bits per heavy atom. The number of rotatable bonds is 4. The molecule has 11 rings (SSSR count). The van der Waals surface area contributed by atoms with E-state index in [-0.39, 0.29) is 0 Å². The van der Waals surface area contributed by atoms with E-state index in [9.17, 15) is 0 Å². The van der Waals surface area contributed by atoms with E-state index < -0.39 is 0 Å². The largest absolute Gasteiger partial charge is 0.310 e. The van der Waals surface area contributed by atoms with E-state index in [4.69, 9.17) is 13.1 Å². The zero-order chi connectivity index (χ0) is 36.6. The van der Waals surface area contributed by atoms with Gasteiger partial charge in [0.25, 0.3) is 0 Å². The van der Waals surface area contributed by atoms with Crippen molar-refractivity contribution in [2.45, 2.75) is 0 Å². The molecule has 0 saturated heterocycles. The second-order valence-electron chi connectivity index (χ2n) is 13.9. The van der Waals surface area contributed by atoms with Crippen LogP contribution in [0.4, 0.5) is 11.4 Å². The van der Waals surface area contributed by atoms with Crippen molar-refractivity contribution in [1.82, 2.24) is 13.7 Å². The van der Waals surface area contributed by atoms with Crippen LogP contribution >= 0.6 is 0 Å². The van der Waals surface area contributed by atoms with Crippen LogP contribution in [-0.4, -0.2) is 13.7 Å². The molecule has 254 valence electrons. The van der Waals surface area contributed by atoms with Gasteiger partial charge < -0.3 is 13.7 Å². The van der Waals surface area contributed by atoms with Crippen LogP contribution in [0.1, 0.15) is 0 Å². The highest BCUT2D eigenvalue weighted by Crippen LogP contribution is 2.41. The summed E-state index contributed by atoms with van der Waals surface area (Å²) in [6, 6.07) is 61.5. The van der Waals surface area contributed by atoms with Crippen molar-refractivity contribution in [3.63, 3.8) is 0 Å². The summed E-state index contributed by atoms with van der Waals surface area (Å²) in [4.78, 5) is 7.57. The summed E-state index contributed by atoms with van der Waals surface area (Å²) in [5.41, 5.74) is 12.9. The second kappa shape index (κ2) is 11.8. The molecule has 3 heterocycles. The maximum atomic E-state index is 7.88. The first-order valence-electron chi connectivity index (χ1n) is 18.3. The number of nitrogens with zero attached hydrogens (tertiary/aromatic N) is 5. The van der Waals surface area contributed by atoms with Gasteiger partial charge in [0.15, 0.2) is 11.4 Å². The Labute approximate surface area is 316 Å². The fourth-order valence-electron chi connectivity index (χ4n) is 8.67. The normalized spacial score (nSPS) is 11.6. The lowest BCUT2D eigenvalue weighted by Crippen LogP contribution is -1.98. The molecule has 0 amide bonds. The van der Waals surface area contributed by atoms with Crippen molar-refractivity contribution >= 4 is 76.8 Å². The van der Waals surface area contributed by atoms with Crippen molar-refractivity contribution in [2.24, 2.45) is 0 Å². The summed E-state index contributed by atoms with van der Waals surface area (Å²) in [6.45, 7) is 15.6. The van der Waals surface area contributed by atoms with Gasteiger partial charge in [0.05, 0.1) is 46.4 Å². The average Bonchev–Trinajstić information content (AvgIpc) is 3.88. The lowest BCUT2D eigenvalue weighted by molar-refractivity contribution is 1.15. The van der Waals surface area contributed by atoms with Gasteiger partial charge >= 0.3 is 0 Å². The minimum absolute atomic E-state index is 0.574. The first-order chi connectivity index (χ1) is 27.2. The Morgan fingerprint density at radius 1 is 0.327 bits per heavy atom. The van der Waals surface area contributed by atoms with Crippen LogP contribution in [0.2, 0.25) is 0 Å². The van der Waals surface area contributed by atoms with Gasteiger partial charge in [-0.1, -0.05) is 109 Å². The molecule has 0 saturated carbocycles. The number of hydrogen-bond donors (Lipinski definition) is 0. The Balaban J connectivity index is 1.11. The minimum Gasteiger partial charge on any atom is -0.310 e. The van der Waals surface area contributed by atoms with E-state index in [1.54, 1.807) is 0 Å². The lowest BCUT2D eigenvalue weighted by atomic mass is 10.0. The van der Waals surface area contributed by atoms with Crippen LogP contribution in [0.3, 0.4) is 0 Å². The van der Waals surface area contributed by atoms with Gasteiger partial charge in [-0.25, -0.2) is 9.69 Å².